The predicted molar refractivity (Wildman–Crippen MR) is 114 cm³/mol. The van der Waals surface area contributed by atoms with Crippen LogP contribution in [0.3, 0.4) is 0 Å². The summed E-state index contributed by atoms with van der Waals surface area (Å²) < 4.78 is 11.4. The molecule has 2 aromatic rings. The van der Waals surface area contributed by atoms with Crippen LogP contribution >= 0.6 is 11.6 Å². The molecule has 2 aliphatic rings. The van der Waals surface area contributed by atoms with Gasteiger partial charge in [-0.2, -0.15) is 0 Å². The fraction of sp³-hybridized carbons (Fsp3) is 0.591. The molecule has 1 aromatic heterocycles. The summed E-state index contributed by atoms with van der Waals surface area (Å²) in [6.45, 7) is 7.38. The molecule has 0 aliphatic carbocycles. The molecule has 0 N–H and O–H groups in total. The van der Waals surface area contributed by atoms with E-state index in [0.29, 0.717) is 35.3 Å². The Hall–Kier alpha value is -2.12. The highest BCUT2D eigenvalue weighted by Gasteiger charge is 2.50. The van der Waals surface area contributed by atoms with Crippen LogP contribution in [0.25, 0.3) is 0 Å². The lowest BCUT2D eigenvalue weighted by molar-refractivity contribution is 0.0548. The molecule has 0 radical (unpaired) electrons. The number of halogens is 1. The fourth-order valence-electron chi connectivity index (χ4n) is 4.85. The van der Waals surface area contributed by atoms with Gasteiger partial charge in [0.05, 0.1) is 18.6 Å². The normalized spacial score (nSPS) is 21.5. The van der Waals surface area contributed by atoms with E-state index >= 15 is 0 Å². The number of methoxy groups -OCH3 is 1. The van der Waals surface area contributed by atoms with Gasteiger partial charge in [-0.05, 0) is 43.5 Å². The smallest absolute Gasteiger partial charge is 0.257 e. The zero-order valence-electron chi connectivity index (χ0n) is 18.0. The summed E-state index contributed by atoms with van der Waals surface area (Å²) in [7, 11) is 3.69. The Bertz CT molecular complexity index is 921. The summed E-state index contributed by atoms with van der Waals surface area (Å²) in [5, 5.41) is 9.18. The third-order valence-electron chi connectivity index (χ3n) is 6.51. The number of benzene rings is 1. The van der Waals surface area contributed by atoms with E-state index in [4.69, 9.17) is 20.8 Å². The van der Waals surface area contributed by atoms with Gasteiger partial charge < -0.3 is 19.0 Å². The quantitative estimate of drug-likeness (QED) is 0.731. The first-order chi connectivity index (χ1) is 14.3. The van der Waals surface area contributed by atoms with Gasteiger partial charge >= 0.3 is 0 Å². The van der Waals surface area contributed by atoms with Crippen LogP contribution < -0.4 is 4.74 Å². The van der Waals surface area contributed by atoms with Gasteiger partial charge in [0.25, 0.3) is 5.91 Å². The third kappa shape index (κ3) is 3.81. The van der Waals surface area contributed by atoms with Crippen LogP contribution in [0.4, 0.5) is 0 Å². The highest BCUT2D eigenvalue weighted by atomic mass is 35.5. The monoisotopic (exact) mass is 432 g/mol. The van der Waals surface area contributed by atoms with Crippen molar-refractivity contribution in [3.05, 3.63) is 40.6 Å². The highest BCUT2D eigenvalue weighted by Crippen LogP contribution is 2.49. The number of likely N-dealkylation sites (N-methyl/N-ethyl adjacent to an activating group) is 1. The van der Waals surface area contributed by atoms with E-state index in [1.54, 1.807) is 25.3 Å². The number of carbonyl (C=O) groups excluding carboxylic acids is 1. The molecule has 2 fully saturated rings. The number of rotatable bonds is 4. The van der Waals surface area contributed by atoms with Gasteiger partial charge in [0.15, 0.2) is 0 Å². The molecule has 1 spiro atoms. The fourth-order valence-corrected chi connectivity index (χ4v) is 5.01. The SMILES string of the molecule is COc1cc(Cl)ccc1C(=O)N1CCC2(CC1)CN(C)CC2c1nnc(C(C)C)o1. The van der Waals surface area contributed by atoms with Crippen LogP contribution in [0.15, 0.2) is 22.6 Å². The van der Waals surface area contributed by atoms with E-state index in [9.17, 15) is 4.79 Å². The van der Waals surface area contributed by atoms with Crippen LogP contribution in [-0.2, 0) is 0 Å². The predicted octanol–water partition coefficient (Wildman–Crippen LogP) is 3.81. The molecule has 1 aromatic carbocycles. The Morgan fingerprint density at radius 3 is 2.67 bits per heavy atom. The van der Waals surface area contributed by atoms with E-state index in [1.165, 1.54) is 0 Å². The number of ether oxygens (including phenoxy) is 1. The number of likely N-dealkylation sites (tertiary alicyclic amines) is 2. The summed E-state index contributed by atoms with van der Waals surface area (Å²) in [4.78, 5) is 17.4. The van der Waals surface area contributed by atoms with E-state index in [2.05, 4.69) is 36.0 Å². The number of hydrogen-bond acceptors (Lipinski definition) is 6. The lowest BCUT2D eigenvalue weighted by Crippen LogP contribution is -2.46. The van der Waals surface area contributed by atoms with E-state index in [0.717, 1.165) is 31.8 Å². The van der Waals surface area contributed by atoms with Crippen molar-refractivity contribution in [3.8, 4) is 5.75 Å². The molecule has 0 saturated carbocycles. The van der Waals surface area contributed by atoms with Gasteiger partial charge in [0, 0.05) is 37.1 Å². The first-order valence-electron chi connectivity index (χ1n) is 10.5. The van der Waals surface area contributed by atoms with Gasteiger partial charge in [0.2, 0.25) is 11.8 Å². The summed E-state index contributed by atoms with van der Waals surface area (Å²) in [5.41, 5.74) is 0.604. The average molecular weight is 433 g/mol. The standard InChI is InChI=1S/C22H29ClN4O3/c1-14(2)19-24-25-20(30-19)17-12-26(3)13-22(17)7-9-27(10-8-22)21(28)16-6-5-15(23)11-18(16)29-4/h5-6,11,14,17H,7-10,12-13H2,1-4H3. The third-order valence-corrected chi connectivity index (χ3v) is 6.74. The number of amides is 1. The average Bonchev–Trinajstić information content (AvgIpc) is 3.33. The van der Waals surface area contributed by atoms with Gasteiger partial charge in [-0.25, -0.2) is 0 Å². The van der Waals surface area contributed by atoms with Crippen molar-refractivity contribution in [2.24, 2.45) is 5.41 Å². The Labute approximate surface area is 182 Å². The van der Waals surface area contributed by atoms with Crippen molar-refractivity contribution in [3.63, 3.8) is 0 Å². The number of hydrogen-bond donors (Lipinski definition) is 0. The molecule has 2 aliphatic heterocycles. The van der Waals surface area contributed by atoms with E-state index in [-0.39, 0.29) is 23.2 Å². The Morgan fingerprint density at radius 1 is 1.30 bits per heavy atom. The lowest BCUT2D eigenvalue weighted by Gasteiger charge is -2.41. The maximum atomic E-state index is 13.1. The largest absolute Gasteiger partial charge is 0.496 e. The van der Waals surface area contributed by atoms with Crippen molar-refractivity contribution in [2.75, 3.05) is 40.3 Å². The van der Waals surface area contributed by atoms with Crippen molar-refractivity contribution < 1.29 is 13.9 Å². The minimum Gasteiger partial charge on any atom is -0.496 e. The Balaban J connectivity index is 1.51. The molecule has 1 amide bonds. The topological polar surface area (TPSA) is 71.7 Å². The van der Waals surface area contributed by atoms with Gasteiger partial charge in [-0.15, -0.1) is 10.2 Å². The first kappa shape index (κ1) is 21.1. The van der Waals surface area contributed by atoms with E-state index < -0.39 is 0 Å². The van der Waals surface area contributed by atoms with E-state index in [1.807, 2.05) is 4.90 Å². The van der Waals surface area contributed by atoms with Crippen LogP contribution in [-0.4, -0.2) is 66.2 Å². The second-order valence-electron chi connectivity index (χ2n) is 8.88. The summed E-state index contributed by atoms with van der Waals surface area (Å²) in [5.74, 6) is 2.35. The number of piperidine rings is 1. The molecular formula is C22H29ClN4O3. The van der Waals surface area contributed by atoms with Crippen molar-refractivity contribution in [1.29, 1.82) is 0 Å². The zero-order valence-corrected chi connectivity index (χ0v) is 18.8. The van der Waals surface area contributed by atoms with Crippen molar-refractivity contribution >= 4 is 17.5 Å². The number of carbonyl (C=O) groups is 1. The molecule has 1 unspecified atom stereocenters. The van der Waals surface area contributed by atoms with Crippen molar-refractivity contribution in [1.82, 2.24) is 20.0 Å². The molecule has 8 heteroatoms. The molecular weight excluding hydrogens is 404 g/mol. The molecule has 4 rings (SSSR count). The molecule has 30 heavy (non-hydrogen) atoms. The molecule has 7 nitrogen and oxygen atoms in total. The Morgan fingerprint density at radius 2 is 2.03 bits per heavy atom. The zero-order chi connectivity index (χ0) is 21.5. The maximum absolute atomic E-state index is 13.1. The van der Waals surface area contributed by atoms with Crippen LogP contribution in [0.2, 0.25) is 5.02 Å². The van der Waals surface area contributed by atoms with Gasteiger partial charge in [-0.1, -0.05) is 25.4 Å². The first-order valence-corrected chi connectivity index (χ1v) is 10.9. The summed E-state index contributed by atoms with van der Waals surface area (Å²) in [6.07, 6.45) is 1.81. The number of aromatic nitrogens is 2. The van der Waals surface area contributed by atoms with Crippen LogP contribution in [0.5, 0.6) is 5.75 Å². The van der Waals surface area contributed by atoms with Gasteiger partial charge in [0.1, 0.15) is 5.75 Å². The molecule has 2 saturated heterocycles. The Kier molecular flexibility index (Phi) is 5.77. The number of nitrogens with zero attached hydrogens (tertiary/aromatic N) is 4. The molecule has 0 bridgehead atoms. The second kappa shape index (κ2) is 8.19. The van der Waals surface area contributed by atoms with Crippen molar-refractivity contribution in [2.45, 2.75) is 38.5 Å². The molecule has 3 heterocycles. The minimum absolute atomic E-state index is 0.0128. The summed E-state index contributed by atoms with van der Waals surface area (Å²) >= 11 is 6.05. The van der Waals surface area contributed by atoms with Gasteiger partial charge in [-0.3, -0.25) is 4.79 Å². The minimum atomic E-state index is -0.0128. The van der Waals surface area contributed by atoms with Crippen LogP contribution in [0, 0.1) is 5.41 Å². The second-order valence-corrected chi connectivity index (χ2v) is 9.32. The highest BCUT2D eigenvalue weighted by molar-refractivity contribution is 6.30. The molecule has 162 valence electrons. The van der Waals surface area contributed by atoms with Crippen LogP contribution in [0.1, 0.15) is 60.7 Å². The lowest BCUT2D eigenvalue weighted by atomic mass is 9.70. The molecule has 1 atom stereocenters. The summed E-state index contributed by atoms with van der Waals surface area (Å²) in [6, 6.07) is 5.16. The maximum Gasteiger partial charge on any atom is 0.257 e.